The van der Waals surface area contributed by atoms with Gasteiger partial charge < -0.3 is 9.84 Å². The molecule has 0 rings (SSSR count). The van der Waals surface area contributed by atoms with Crippen molar-refractivity contribution in [2.45, 2.75) is 13.3 Å². The molecule has 3 heteroatoms. The van der Waals surface area contributed by atoms with Gasteiger partial charge in [-0.2, -0.15) is 0 Å². The third-order valence-electron chi connectivity index (χ3n) is 0.895. The zero-order valence-corrected chi connectivity index (χ0v) is 5.55. The van der Waals surface area contributed by atoms with Crippen LogP contribution in [0.15, 0.2) is 11.8 Å². The summed E-state index contributed by atoms with van der Waals surface area (Å²) in [7, 11) is 1.46. The van der Waals surface area contributed by atoms with Crippen LogP contribution in [-0.2, 0) is 9.53 Å². The summed E-state index contributed by atoms with van der Waals surface area (Å²) in [5.74, 6) is -0.476. The lowest BCUT2D eigenvalue weighted by Gasteiger charge is -1.98. The highest BCUT2D eigenvalue weighted by molar-refractivity contribution is 5.80. The smallest absolute Gasteiger partial charge is 0.331 e. The van der Waals surface area contributed by atoms with E-state index in [9.17, 15) is 4.79 Å². The molecule has 0 unspecified atom stereocenters. The molecule has 0 saturated heterocycles. The molecular formula is C6H10O3. The van der Waals surface area contributed by atoms with Gasteiger partial charge in [-0.25, -0.2) is 4.79 Å². The van der Waals surface area contributed by atoms with E-state index in [0.717, 1.165) is 6.08 Å². The average Bonchev–Trinajstić information content (AvgIpc) is 1.82. The molecule has 0 aromatic heterocycles. The predicted molar refractivity (Wildman–Crippen MR) is 33.0 cm³/mol. The second-order valence-electron chi connectivity index (χ2n) is 1.51. The van der Waals surface area contributed by atoms with Crippen molar-refractivity contribution in [1.29, 1.82) is 0 Å². The Balaban J connectivity index is 3.91. The highest BCUT2D eigenvalue weighted by Gasteiger charge is 1.94. The number of carboxylic acids is 1. The summed E-state index contributed by atoms with van der Waals surface area (Å²) in [4.78, 5) is 9.97. The molecule has 0 heterocycles. The second kappa shape index (κ2) is 3.95. The van der Waals surface area contributed by atoms with Gasteiger partial charge in [0.15, 0.2) is 0 Å². The van der Waals surface area contributed by atoms with Crippen molar-refractivity contribution in [3.63, 3.8) is 0 Å². The Morgan fingerprint density at radius 3 is 2.44 bits per heavy atom. The van der Waals surface area contributed by atoms with E-state index in [0.29, 0.717) is 12.2 Å². The summed E-state index contributed by atoms with van der Waals surface area (Å²) in [6.45, 7) is 1.83. The molecule has 52 valence electrons. The van der Waals surface area contributed by atoms with E-state index in [2.05, 4.69) is 0 Å². The Morgan fingerprint density at radius 2 is 2.33 bits per heavy atom. The van der Waals surface area contributed by atoms with Gasteiger partial charge in [0, 0.05) is 6.42 Å². The molecule has 0 spiro atoms. The van der Waals surface area contributed by atoms with Crippen LogP contribution >= 0.6 is 0 Å². The number of aliphatic carboxylic acids is 1. The molecule has 9 heavy (non-hydrogen) atoms. The Labute approximate surface area is 53.9 Å². The maximum absolute atomic E-state index is 9.97. The molecule has 1 N–H and O–H groups in total. The standard InChI is InChI=1S/C6H10O3/c1-3-5(9-2)4-6(7)8/h4H,3H2,1-2H3,(H,7,8)/b5-4+. The minimum absolute atomic E-state index is 0.488. The average molecular weight is 130 g/mol. The largest absolute Gasteiger partial charge is 0.501 e. The molecule has 0 aromatic rings. The van der Waals surface area contributed by atoms with E-state index < -0.39 is 5.97 Å². The quantitative estimate of drug-likeness (QED) is 0.458. The summed E-state index contributed by atoms with van der Waals surface area (Å²) in [6.07, 6.45) is 1.67. The van der Waals surface area contributed by atoms with Crippen molar-refractivity contribution in [2.75, 3.05) is 7.11 Å². The van der Waals surface area contributed by atoms with Crippen LogP contribution in [0.3, 0.4) is 0 Å². The van der Waals surface area contributed by atoms with E-state index in [-0.39, 0.29) is 0 Å². The van der Waals surface area contributed by atoms with E-state index in [1.54, 1.807) is 0 Å². The van der Waals surface area contributed by atoms with Crippen LogP contribution in [0.25, 0.3) is 0 Å². The van der Waals surface area contributed by atoms with E-state index in [4.69, 9.17) is 9.84 Å². The zero-order chi connectivity index (χ0) is 7.28. The Kier molecular flexibility index (Phi) is 3.51. The summed E-state index contributed by atoms with van der Waals surface area (Å²) in [5.41, 5.74) is 0. The fourth-order valence-corrected chi connectivity index (χ4v) is 0.443. The first-order valence-corrected chi connectivity index (χ1v) is 2.68. The highest BCUT2D eigenvalue weighted by Crippen LogP contribution is 1.98. The van der Waals surface area contributed by atoms with Crippen molar-refractivity contribution >= 4 is 5.97 Å². The number of allylic oxidation sites excluding steroid dienone is 1. The Bertz CT molecular complexity index is 120. The SMILES string of the molecule is CC/C(=C\C(=O)O)OC. The first-order valence-electron chi connectivity index (χ1n) is 2.68. The van der Waals surface area contributed by atoms with Crippen molar-refractivity contribution in [3.05, 3.63) is 11.8 Å². The molecule has 0 bridgehead atoms. The van der Waals surface area contributed by atoms with Crippen molar-refractivity contribution in [3.8, 4) is 0 Å². The van der Waals surface area contributed by atoms with Gasteiger partial charge in [0.2, 0.25) is 0 Å². The first-order chi connectivity index (χ1) is 4.20. The van der Waals surface area contributed by atoms with E-state index in [1.165, 1.54) is 7.11 Å². The molecule has 0 fully saturated rings. The van der Waals surface area contributed by atoms with E-state index >= 15 is 0 Å². The number of rotatable bonds is 3. The Morgan fingerprint density at radius 1 is 1.78 bits per heavy atom. The fourth-order valence-electron chi connectivity index (χ4n) is 0.443. The lowest BCUT2D eigenvalue weighted by atomic mass is 10.3. The minimum Gasteiger partial charge on any atom is -0.501 e. The topological polar surface area (TPSA) is 46.5 Å². The minimum atomic E-state index is -0.964. The number of hydrogen-bond acceptors (Lipinski definition) is 2. The molecular weight excluding hydrogens is 120 g/mol. The van der Waals surface area contributed by atoms with Crippen molar-refractivity contribution in [1.82, 2.24) is 0 Å². The Hall–Kier alpha value is -0.990. The number of methoxy groups -OCH3 is 1. The number of hydrogen-bond donors (Lipinski definition) is 1. The molecule has 0 aliphatic heterocycles. The van der Waals surface area contributed by atoms with Gasteiger partial charge in [0.1, 0.15) is 5.76 Å². The molecule has 0 aliphatic rings. The van der Waals surface area contributed by atoms with Crippen LogP contribution in [0.5, 0.6) is 0 Å². The van der Waals surface area contributed by atoms with Gasteiger partial charge in [-0.3, -0.25) is 0 Å². The maximum Gasteiger partial charge on any atom is 0.331 e. The van der Waals surface area contributed by atoms with E-state index in [1.807, 2.05) is 6.92 Å². The molecule has 0 aromatic carbocycles. The second-order valence-corrected chi connectivity index (χ2v) is 1.51. The lowest BCUT2D eigenvalue weighted by molar-refractivity contribution is -0.131. The summed E-state index contributed by atoms with van der Waals surface area (Å²) >= 11 is 0. The van der Waals surface area contributed by atoms with Gasteiger partial charge in [0.05, 0.1) is 13.2 Å². The third kappa shape index (κ3) is 3.58. The number of ether oxygens (including phenoxy) is 1. The van der Waals surface area contributed by atoms with Gasteiger partial charge >= 0.3 is 5.97 Å². The summed E-state index contributed by atoms with van der Waals surface area (Å²) in [5, 5.41) is 8.19. The summed E-state index contributed by atoms with van der Waals surface area (Å²) in [6, 6.07) is 0. The number of carboxylic acid groups (broad SMARTS) is 1. The van der Waals surface area contributed by atoms with Crippen LogP contribution < -0.4 is 0 Å². The number of carbonyl (C=O) groups is 1. The summed E-state index contributed by atoms with van der Waals surface area (Å²) < 4.78 is 4.69. The molecule has 3 nitrogen and oxygen atoms in total. The maximum atomic E-state index is 9.97. The normalized spacial score (nSPS) is 11.1. The molecule has 0 aliphatic carbocycles. The molecule has 0 saturated carbocycles. The van der Waals surface area contributed by atoms with Crippen LogP contribution in [-0.4, -0.2) is 18.2 Å². The van der Waals surface area contributed by atoms with Crippen LogP contribution in [0, 0.1) is 0 Å². The lowest BCUT2D eigenvalue weighted by Crippen LogP contribution is -1.92. The van der Waals surface area contributed by atoms with Crippen LogP contribution in [0.2, 0.25) is 0 Å². The molecule has 0 amide bonds. The molecule has 0 atom stereocenters. The molecule has 0 radical (unpaired) electrons. The van der Waals surface area contributed by atoms with Crippen LogP contribution in [0.1, 0.15) is 13.3 Å². The van der Waals surface area contributed by atoms with Crippen LogP contribution in [0.4, 0.5) is 0 Å². The van der Waals surface area contributed by atoms with Crippen molar-refractivity contribution in [2.24, 2.45) is 0 Å². The van der Waals surface area contributed by atoms with Crippen molar-refractivity contribution < 1.29 is 14.6 Å². The zero-order valence-electron chi connectivity index (χ0n) is 5.55. The third-order valence-corrected chi connectivity index (χ3v) is 0.895. The monoisotopic (exact) mass is 130 g/mol. The first kappa shape index (κ1) is 8.01. The predicted octanol–water partition coefficient (Wildman–Crippen LogP) is 1.01. The fraction of sp³-hybridized carbons (Fsp3) is 0.500. The van der Waals surface area contributed by atoms with Gasteiger partial charge in [-0.15, -0.1) is 0 Å². The van der Waals surface area contributed by atoms with Gasteiger partial charge in [-0.1, -0.05) is 6.92 Å². The van der Waals surface area contributed by atoms with Gasteiger partial charge in [0.25, 0.3) is 0 Å². The van der Waals surface area contributed by atoms with Gasteiger partial charge in [-0.05, 0) is 0 Å². The highest BCUT2D eigenvalue weighted by atomic mass is 16.5.